The summed E-state index contributed by atoms with van der Waals surface area (Å²) in [4.78, 5) is 14.4. The summed E-state index contributed by atoms with van der Waals surface area (Å²) in [5.74, 6) is -1.13. The number of carboxylic acids is 1. The van der Waals surface area contributed by atoms with Crippen molar-refractivity contribution >= 4 is 11.8 Å². The number of nitrogens with zero attached hydrogens (tertiary/aromatic N) is 4. The summed E-state index contributed by atoms with van der Waals surface area (Å²) in [6, 6.07) is 1.77. The Balaban J connectivity index is 1.92. The van der Waals surface area contributed by atoms with Gasteiger partial charge in [0.15, 0.2) is 5.69 Å². The maximum atomic E-state index is 12.5. The average molecular weight is 301 g/mol. The Bertz CT molecular complexity index is 641. The number of halogens is 3. The fourth-order valence-corrected chi connectivity index (χ4v) is 1.51. The molecule has 2 heterocycles. The van der Waals surface area contributed by atoms with E-state index in [1.165, 1.54) is 10.9 Å². The lowest BCUT2D eigenvalue weighted by atomic mass is 10.2. The first-order valence-corrected chi connectivity index (χ1v) is 5.77. The Morgan fingerprint density at radius 2 is 2.19 bits per heavy atom. The van der Waals surface area contributed by atoms with Gasteiger partial charge in [-0.2, -0.15) is 13.2 Å². The first kappa shape index (κ1) is 14.8. The molecular weight excluding hydrogens is 291 g/mol. The van der Waals surface area contributed by atoms with Gasteiger partial charge in [-0.25, -0.2) is 14.5 Å². The zero-order chi connectivity index (χ0) is 15.5. The molecule has 21 heavy (non-hydrogen) atoms. The predicted molar refractivity (Wildman–Crippen MR) is 64.7 cm³/mol. The highest BCUT2D eigenvalue weighted by atomic mass is 19.4. The van der Waals surface area contributed by atoms with Gasteiger partial charge in [-0.15, -0.1) is 5.10 Å². The summed E-state index contributed by atoms with van der Waals surface area (Å²) in [5, 5.41) is 18.3. The van der Waals surface area contributed by atoms with Gasteiger partial charge in [0.1, 0.15) is 5.82 Å². The van der Waals surface area contributed by atoms with Gasteiger partial charge in [0.25, 0.3) is 0 Å². The van der Waals surface area contributed by atoms with Gasteiger partial charge < -0.3 is 10.4 Å². The topological polar surface area (TPSA) is 92.9 Å². The monoisotopic (exact) mass is 301 g/mol. The van der Waals surface area contributed by atoms with E-state index in [0.717, 1.165) is 18.3 Å². The van der Waals surface area contributed by atoms with E-state index in [1.807, 2.05) is 0 Å². The molecule has 0 atom stereocenters. The van der Waals surface area contributed by atoms with Crippen LogP contribution in [0, 0.1) is 0 Å². The summed E-state index contributed by atoms with van der Waals surface area (Å²) >= 11 is 0. The minimum absolute atomic E-state index is 0.0726. The molecule has 0 aliphatic heterocycles. The quantitative estimate of drug-likeness (QED) is 0.869. The van der Waals surface area contributed by atoms with Crippen molar-refractivity contribution in [1.82, 2.24) is 20.0 Å². The van der Waals surface area contributed by atoms with Crippen LogP contribution in [-0.4, -0.2) is 37.6 Å². The molecule has 112 valence electrons. The predicted octanol–water partition coefficient (Wildman–Crippen LogP) is 1.50. The van der Waals surface area contributed by atoms with Gasteiger partial charge in [-0.3, -0.25) is 0 Å². The number of aromatic carboxylic acids is 1. The zero-order valence-corrected chi connectivity index (χ0v) is 10.5. The first-order chi connectivity index (χ1) is 9.86. The summed E-state index contributed by atoms with van der Waals surface area (Å²) in [6.07, 6.45) is -2.14. The molecule has 0 amide bonds. The molecule has 0 aromatic carbocycles. The second kappa shape index (κ2) is 5.77. The molecule has 2 N–H and O–H groups in total. The van der Waals surface area contributed by atoms with Crippen LogP contribution in [0.4, 0.5) is 19.0 Å². The number of pyridine rings is 1. The average Bonchev–Trinajstić information content (AvgIpc) is 2.87. The van der Waals surface area contributed by atoms with Crippen molar-refractivity contribution in [2.45, 2.75) is 12.7 Å². The van der Waals surface area contributed by atoms with Crippen molar-refractivity contribution in [3.05, 3.63) is 35.8 Å². The van der Waals surface area contributed by atoms with Crippen LogP contribution < -0.4 is 5.32 Å². The molecular formula is C11H10F3N5O2. The van der Waals surface area contributed by atoms with Crippen molar-refractivity contribution in [2.24, 2.45) is 0 Å². The minimum atomic E-state index is -4.43. The summed E-state index contributed by atoms with van der Waals surface area (Å²) in [7, 11) is 0. The number of nitrogens with one attached hydrogen (secondary N) is 1. The third-order valence-corrected chi connectivity index (χ3v) is 2.49. The lowest BCUT2D eigenvalue weighted by Gasteiger charge is -2.09. The molecule has 2 aromatic rings. The second-order valence-corrected chi connectivity index (χ2v) is 4.03. The maximum Gasteiger partial charge on any atom is 0.416 e. The number of rotatable bonds is 5. The van der Waals surface area contributed by atoms with Crippen molar-refractivity contribution in [1.29, 1.82) is 0 Å². The number of carbonyl (C=O) groups is 1. The van der Waals surface area contributed by atoms with Crippen LogP contribution in [0.25, 0.3) is 0 Å². The van der Waals surface area contributed by atoms with E-state index in [0.29, 0.717) is 0 Å². The molecule has 2 rings (SSSR count). The Kier molecular flexibility index (Phi) is 4.05. The normalized spacial score (nSPS) is 11.4. The molecule has 0 aliphatic rings. The first-order valence-electron chi connectivity index (χ1n) is 5.77. The van der Waals surface area contributed by atoms with Crippen molar-refractivity contribution in [3.63, 3.8) is 0 Å². The number of carboxylic acid groups (broad SMARTS) is 1. The van der Waals surface area contributed by atoms with Crippen LogP contribution in [0.3, 0.4) is 0 Å². The maximum absolute atomic E-state index is 12.5. The fraction of sp³-hybridized carbons (Fsp3) is 0.273. The molecule has 0 aliphatic carbocycles. The molecule has 10 heteroatoms. The molecule has 0 bridgehead atoms. The fourth-order valence-electron chi connectivity index (χ4n) is 1.51. The highest BCUT2D eigenvalue weighted by molar-refractivity contribution is 5.84. The third-order valence-electron chi connectivity index (χ3n) is 2.49. The molecule has 0 saturated carbocycles. The minimum Gasteiger partial charge on any atom is -0.476 e. The van der Waals surface area contributed by atoms with E-state index < -0.39 is 17.7 Å². The number of hydrogen-bond acceptors (Lipinski definition) is 5. The number of anilines is 1. The highest BCUT2D eigenvalue weighted by Crippen LogP contribution is 2.29. The van der Waals surface area contributed by atoms with E-state index in [4.69, 9.17) is 5.11 Å². The van der Waals surface area contributed by atoms with Crippen molar-refractivity contribution in [2.75, 3.05) is 11.9 Å². The zero-order valence-electron chi connectivity index (χ0n) is 10.5. The number of hydrogen-bond donors (Lipinski definition) is 2. The summed E-state index contributed by atoms with van der Waals surface area (Å²) in [6.45, 7) is 0.453. The van der Waals surface area contributed by atoms with Crippen LogP contribution in [0.15, 0.2) is 24.5 Å². The van der Waals surface area contributed by atoms with Crippen LogP contribution in [0.1, 0.15) is 16.1 Å². The van der Waals surface area contributed by atoms with Gasteiger partial charge in [0.05, 0.1) is 18.3 Å². The largest absolute Gasteiger partial charge is 0.476 e. The summed E-state index contributed by atoms with van der Waals surface area (Å²) in [5.41, 5.74) is -0.999. The molecule has 0 fully saturated rings. The van der Waals surface area contributed by atoms with Gasteiger partial charge >= 0.3 is 12.1 Å². The van der Waals surface area contributed by atoms with Gasteiger partial charge in [0, 0.05) is 12.7 Å². The van der Waals surface area contributed by atoms with Gasteiger partial charge in [-0.05, 0) is 12.1 Å². The van der Waals surface area contributed by atoms with Crippen LogP contribution in [-0.2, 0) is 12.7 Å². The molecule has 2 aromatic heterocycles. The summed E-state index contributed by atoms with van der Waals surface area (Å²) < 4.78 is 38.8. The van der Waals surface area contributed by atoms with Gasteiger partial charge in [0.2, 0.25) is 0 Å². The van der Waals surface area contributed by atoms with E-state index >= 15 is 0 Å². The van der Waals surface area contributed by atoms with Crippen molar-refractivity contribution in [3.8, 4) is 0 Å². The number of aromatic nitrogens is 4. The molecule has 0 radical (unpaired) electrons. The Morgan fingerprint density at radius 1 is 1.43 bits per heavy atom. The number of alkyl halides is 3. The lowest BCUT2D eigenvalue weighted by Crippen LogP contribution is -2.13. The lowest BCUT2D eigenvalue weighted by molar-refractivity contribution is -0.137. The van der Waals surface area contributed by atoms with Crippen LogP contribution in [0.2, 0.25) is 0 Å². The molecule has 0 unspecified atom stereocenters. The van der Waals surface area contributed by atoms with E-state index in [2.05, 4.69) is 20.6 Å². The van der Waals surface area contributed by atoms with E-state index in [1.54, 1.807) is 0 Å². The smallest absolute Gasteiger partial charge is 0.416 e. The molecule has 0 spiro atoms. The van der Waals surface area contributed by atoms with E-state index in [-0.39, 0.29) is 24.6 Å². The van der Waals surface area contributed by atoms with Crippen LogP contribution >= 0.6 is 0 Å². The second-order valence-electron chi connectivity index (χ2n) is 4.03. The standard InChI is InChI=1S/C11H10F3N5O2/c12-11(13,14)7-1-2-15-9(5-7)16-3-4-19-6-8(10(20)21)17-18-19/h1-2,5-6H,3-4H2,(H,15,16)(H,20,21). The SMILES string of the molecule is O=C(O)c1cn(CCNc2cc(C(F)(F)F)ccn2)nn1. The Morgan fingerprint density at radius 3 is 2.81 bits per heavy atom. The molecule has 7 nitrogen and oxygen atoms in total. The van der Waals surface area contributed by atoms with Crippen molar-refractivity contribution < 1.29 is 23.1 Å². The van der Waals surface area contributed by atoms with Crippen LogP contribution in [0.5, 0.6) is 0 Å². The highest BCUT2D eigenvalue weighted by Gasteiger charge is 2.30. The third kappa shape index (κ3) is 3.91. The Hall–Kier alpha value is -2.65. The van der Waals surface area contributed by atoms with E-state index in [9.17, 15) is 18.0 Å². The van der Waals surface area contributed by atoms with Gasteiger partial charge in [-0.1, -0.05) is 5.21 Å². The Labute approximate surface area is 116 Å². The molecule has 0 saturated heterocycles.